The number of ketones is 1. The number of aliphatic hydroxyl groups excluding tert-OH is 1. The summed E-state index contributed by atoms with van der Waals surface area (Å²) in [5.74, 6) is -1.39. The lowest BCUT2D eigenvalue weighted by molar-refractivity contribution is -0.125. The maximum Gasteiger partial charge on any atom is 0.697 e. The molecule has 0 saturated carbocycles. The first-order valence-electron chi connectivity index (χ1n) is 8.79. The third-order valence-corrected chi connectivity index (χ3v) is 5.19. The van der Waals surface area contributed by atoms with Crippen LogP contribution in [-0.4, -0.2) is 39.3 Å². The first kappa shape index (κ1) is 21.2. The van der Waals surface area contributed by atoms with E-state index in [1.165, 1.54) is 13.1 Å². The number of hydrogen-bond acceptors (Lipinski definition) is 8. The van der Waals surface area contributed by atoms with E-state index in [2.05, 4.69) is 4.98 Å². The van der Waals surface area contributed by atoms with Crippen molar-refractivity contribution in [1.29, 1.82) is 0 Å². The third-order valence-electron chi connectivity index (χ3n) is 4.49. The van der Waals surface area contributed by atoms with Crippen LogP contribution in [0.1, 0.15) is 18.7 Å². The summed E-state index contributed by atoms with van der Waals surface area (Å²) in [5, 5.41) is 10.5. The molecule has 11 heteroatoms. The second-order valence-electron chi connectivity index (χ2n) is 6.49. The molecule has 1 saturated heterocycles. The van der Waals surface area contributed by atoms with Crippen molar-refractivity contribution in [2.24, 2.45) is 5.92 Å². The van der Waals surface area contributed by atoms with E-state index in [0.717, 1.165) is 16.2 Å². The van der Waals surface area contributed by atoms with Gasteiger partial charge in [0.05, 0.1) is 5.92 Å². The average Bonchev–Trinajstić information content (AvgIpc) is 3.02. The average molecular weight is 423 g/mol. The van der Waals surface area contributed by atoms with Crippen LogP contribution in [0.4, 0.5) is 0 Å². The van der Waals surface area contributed by atoms with Crippen molar-refractivity contribution in [3.8, 4) is 0 Å². The van der Waals surface area contributed by atoms with Crippen LogP contribution in [0.5, 0.6) is 0 Å². The molecule has 1 aromatic heterocycles. The normalized spacial score (nSPS) is 24.4. The van der Waals surface area contributed by atoms with Gasteiger partial charge in [-0.2, -0.15) is 0 Å². The molecular weight excluding hydrogens is 403 g/mol. The second kappa shape index (κ2) is 9.34. The lowest BCUT2D eigenvalue weighted by Crippen LogP contribution is -2.37. The largest absolute Gasteiger partial charge is 0.697 e. The van der Waals surface area contributed by atoms with Crippen LogP contribution in [0.25, 0.3) is 0 Å². The Hall–Kier alpha value is -2.49. The molecular formula is C18H20N2O8P+. The lowest BCUT2D eigenvalue weighted by atomic mass is 9.94. The Labute approximate surface area is 166 Å². The molecule has 1 fully saturated rings. The van der Waals surface area contributed by atoms with Crippen molar-refractivity contribution in [3.05, 3.63) is 69.0 Å². The van der Waals surface area contributed by atoms with Crippen molar-refractivity contribution in [2.45, 2.75) is 32.0 Å². The SMILES string of the molecule is CC(=O)C1C(CO[P+](=O)OCc2ccccc2)OC(n2ccc(=O)[nH]c2=O)C1O. The van der Waals surface area contributed by atoms with E-state index in [1.807, 2.05) is 18.2 Å². The van der Waals surface area contributed by atoms with Gasteiger partial charge in [0.2, 0.25) is 0 Å². The number of carbonyl (C=O) groups is 1. The van der Waals surface area contributed by atoms with E-state index < -0.39 is 43.9 Å². The van der Waals surface area contributed by atoms with Gasteiger partial charge in [0, 0.05) is 16.8 Å². The van der Waals surface area contributed by atoms with Crippen molar-refractivity contribution in [3.63, 3.8) is 0 Å². The summed E-state index contributed by atoms with van der Waals surface area (Å²) in [6.07, 6.45) is -2.35. The molecule has 3 rings (SSSR count). The number of aromatic nitrogens is 2. The van der Waals surface area contributed by atoms with Gasteiger partial charge in [0.25, 0.3) is 5.56 Å². The van der Waals surface area contributed by atoms with Gasteiger partial charge < -0.3 is 9.84 Å². The first-order chi connectivity index (χ1) is 13.9. The predicted molar refractivity (Wildman–Crippen MR) is 100 cm³/mol. The first-order valence-corrected chi connectivity index (χ1v) is 9.89. The molecule has 1 aromatic carbocycles. The topological polar surface area (TPSA) is 137 Å². The van der Waals surface area contributed by atoms with Gasteiger partial charge in [-0.15, -0.1) is 9.05 Å². The number of Topliss-reactive ketones (excluding diaryl/α,β-unsaturated/α-hetero) is 1. The van der Waals surface area contributed by atoms with E-state index in [4.69, 9.17) is 13.8 Å². The van der Waals surface area contributed by atoms with E-state index in [1.54, 1.807) is 12.1 Å². The van der Waals surface area contributed by atoms with E-state index in [9.17, 15) is 24.1 Å². The predicted octanol–water partition coefficient (Wildman–Crippen LogP) is 0.891. The summed E-state index contributed by atoms with van der Waals surface area (Å²) >= 11 is 0. The number of rotatable bonds is 8. The summed E-state index contributed by atoms with van der Waals surface area (Å²) in [5.41, 5.74) is -0.580. The van der Waals surface area contributed by atoms with E-state index >= 15 is 0 Å². The van der Waals surface area contributed by atoms with E-state index in [0.29, 0.717) is 0 Å². The van der Waals surface area contributed by atoms with Gasteiger partial charge in [-0.25, -0.2) is 4.79 Å². The molecule has 1 aliphatic rings. The number of aliphatic hydroxyl groups is 1. The molecule has 1 aliphatic heterocycles. The highest BCUT2D eigenvalue weighted by atomic mass is 31.1. The molecule has 0 aliphatic carbocycles. The zero-order valence-corrected chi connectivity index (χ0v) is 16.4. The quantitative estimate of drug-likeness (QED) is 0.598. The van der Waals surface area contributed by atoms with E-state index in [-0.39, 0.29) is 19.0 Å². The number of nitrogens with zero attached hydrogens (tertiary/aromatic N) is 1. The second-order valence-corrected chi connectivity index (χ2v) is 7.45. The van der Waals surface area contributed by atoms with Crippen molar-refractivity contribution < 1.29 is 28.3 Å². The molecule has 2 aromatic rings. The lowest BCUT2D eigenvalue weighted by Gasteiger charge is -2.17. The molecule has 5 unspecified atom stereocenters. The van der Waals surface area contributed by atoms with Crippen molar-refractivity contribution in [2.75, 3.05) is 6.61 Å². The third kappa shape index (κ3) is 5.11. The Morgan fingerprint density at radius 2 is 1.97 bits per heavy atom. The standard InChI is InChI=1S/C18H19N2O8P/c1-11(21)15-13(10-27-29(25)26-9-12-5-3-2-4-6-12)28-17(16(15)23)20-8-7-14(22)19-18(20)24/h2-8,13,15-17,23H,9-10H2,1H3/p+1. The van der Waals surface area contributed by atoms with Crippen LogP contribution < -0.4 is 11.2 Å². The van der Waals surface area contributed by atoms with Crippen LogP contribution in [0.3, 0.4) is 0 Å². The number of hydrogen-bond donors (Lipinski definition) is 2. The summed E-state index contributed by atoms with van der Waals surface area (Å²) in [6.45, 7) is 1.06. The number of aromatic amines is 1. The number of benzene rings is 1. The van der Waals surface area contributed by atoms with Gasteiger partial charge in [0.1, 0.15) is 31.2 Å². The Balaban J connectivity index is 1.64. The van der Waals surface area contributed by atoms with Crippen LogP contribution in [0.2, 0.25) is 0 Å². The molecule has 5 atom stereocenters. The zero-order chi connectivity index (χ0) is 21.0. The fraction of sp³-hybridized carbons (Fsp3) is 0.389. The molecule has 0 radical (unpaired) electrons. The maximum absolute atomic E-state index is 12.0. The van der Waals surface area contributed by atoms with Gasteiger partial charge in [-0.05, 0) is 12.5 Å². The van der Waals surface area contributed by atoms with Crippen LogP contribution in [0, 0.1) is 5.92 Å². The fourth-order valence-corrected chi connectivity index (χ4v) is 3.72. The summed E-state index contributed by atoms with van der Waals surface area (Å²) in [4.78, 5) is 37.2. The molecule has 154 valence electrons. The smallest absolute Gasteiger partial charge is 0.388 e. The summed E-state index contributed by atoms with van der Waals surface area (Å²) < 4.78 is 28.9. The van der Waals surface area contributed by atoms with Crippen LogP contribution >= 0.6 is 8.25 Å². The Bertz CT molecular complexity index is 989. The molecule has 0 amide bonds. The Kier molecular flexibility index (Phi) is 6.83. The minimum atomic E-state index is -2.49. The zero-order valence-electron chi connectivity index (χ0n) is 15.5. The maximum atomic E-state index is 12.0. The number of nitrogens with one attached hydrogen (secondary N) is 1. The van der Waals surface area contributed by atoms with Crippen molar-refractivity contribution >= 4 is 14.0 Å². The highest BCUT2D eigenvalue weighted by Gasteiger charge is 2.48. The Morgan fingerprint density at radius 1 is 1.24 bits per heavy atom. The molecule has 2 N–H and O–H groups in total. The monoisotopic (exact) mass is 423 g/mol. The van der Waals surface area contributed by atoms with Gasteiger partial charge in [0.15, 0.2) is 6.23 Å². The summed E-state index contributed by atoms with van der Waals surface area (Å²) in [7, 11) is -2.49. The number of ether oxygens (including phenoxy) is 1. The molecule has 10 nitrogen and oxygen atoms in total. The minimum absolute atomic E-state index is 0.0791. The fourth-order valence-electron chi connectivity index (χ4n) is 3.12. The highest BCUT2D eigenvalue weighted by Crippen LogP contribution is 2.36. The minimum Gasteiger partial charge on any atom is -0.388 e. The van der Waals surface area contributed by atoms with Gasteiger partial charge in [-0.3, -0.25) is 19.1 Å². The molecule has 0 bridgehead atoms. The molecule has 29 heavy (non-hydrogen) atoms. The van der Waals surface area contributed by atoms with Gasteiger partial charge in [-0.1, -0.05) is 30.3 Å². The van der Waals surface area contributed by atoms with Crippen LogP contribution in [-0.2, 0) is 29.8 Å². The molecule has 0 spiro atoms. The molecule has 2 heterocycles. The summed E-state index contributed by atoms with van der Waals surface area (Å²) in [6, 6.07) is 10.2. The van der Waals surface area contributed by atoms with Gasteiger partial charge >= 0.3 is 13.9 Å². The number of carbonyl (C=O) groups excluding carboxylic acids is 1. The Morgan fingerprint density at radius 3 is 2.62 bits per heavy atom. The van der Waals surface area contributed by atoms with Crippen LogP contribution in [0.15, 0.2) is 52.2 Å². The van der Waals surface area contributed by atoms with Crippen molar-refractivity contribution in [1.82, 2.24) is 9.55 Å². The number of H-pyrrole nitrogens is 1. The highest BCUT2D eigenvalue weighted by molar-refractivity contribution is 7.33.